The molecule has 1 fully saturated rings. The average Bonchev–Trinajstić information content (AvgIpc) is 2.73. The molecule has 1 aliphatic rings. The average molecular weight is 394 g/mol. The number of pyridine rings is 1. The molecule has 29 heavy (non-hydrogen) atoms. The maximum Gasteiger partial charge on any atom is 0.274 e. The van der Waals surface area contributed by atoms with E-state index in [2.05, 4.69) is 31.1 Å². The maximum atomic E-state index is 12.7. The molecule has 152 valence electrons. The number of anilines is 1. The fourth-order valence-corrected chi connectivity index (χ4v) is 3.15. The lowest BCUT2D eigenvalue weighted by Gasteiger charge is -2.32. The van der Waals surface area contributed by atoms with Gasteiger partial charge >= 0.3 is 0 Å². The van der Waals surface area contributed by atoms with Crippen LogP contribution in [0.4, 0.5) is 5.69 Å². The van der Waals surface area contributed by atoms with Gasteiger partial charge in [-0.25, -0.2) is 0 Å². The molecule has 0 spiro atoms. The van der Waals surface area contributed by atoms with Crippen LogP contribution < -0.4 is 5.32 Å². The van der Waals surface area contributed by atoms with Gasteiger partial charge < -0.3 is 15.1 Å². The molecule has 2 aromatic rings. The van der Waals surface area contributed by atoms with Crippen LogP contribution >= 0.6 is 0 Å². The molecular formula is C22H26N4O3. The number of hydrogen-bond acceptors (Lipinski definition) is 4. The van der Waals surface area contributed by atoms with Gasteiger partial charge in [0, 0.05) is 43.6 Å². The van der Waals surface area contributed by atoms with Crippen molar-refractivity contribution in [2.45, 2.75) is 26.2 Å². The van der Waals surface area contributed by atoms with Crippen LogP contribution in [0, 0.1) is 0 Å². The number of hydrogen-bond donors (Lipinski definition) is 1. The van der Waals surface area contributed by atoms with Gasteiger partial charge in [0.05, 0.1) is 0 Å². The highest BCUT2D eigenvalue weighted by Crippen LogP contribution is 2.23. The minimum Gasteiger partial charge on any atom is -0.342 e. The largest absolute Gasteiger partial charge is 0.342 e. The molecule has 0 bridgehead atoms. The van der Waals surface area contributed by atoms with Crippen LogP contribution in [-0.2, 0) is 10.2 Å². The molecule has 3 rings (SSSR count). The highest BCUT2D eigenvalue weighted by molar-refractivity contribution is 6.04. The van der Waals surface area contributed by atoms with E-state index in [1.54, 1.807) is 15.9 Å². The lowest BCUT2D eigenvalue weighted by Crippen LogP contribution is -2.48. The summed E-state index contributed by atoms with van der Waals surface area (Å²) in [6.07, 6.45) is 2.26. The second kappa shape index (κ2) is 8.43. The van der Waals surface area contributed by atoms with E-state index in [1.165, 1.54) is 17.8 Å². The summed E-state index contributed by atoms with van der Waals surface area (Å²) in [5, 5.41) is 2.82. The topological polar surface area (TPSA) is 82.6 Å². The Morgan fingerprint density at radius 3 is 2.28 bits per heavy atom. The fraction of sp³-hybridized carbons (Fsp3) is 0.364. The Labute approximate surface area is 170 Å². The van der Waals surface area contributed by atoms with Crippen LogP contribution in [0.1, 0.15) is 47.2 Å². The van der Waals surface area contributed by atoms with Crippen molar-refractivity contribution in [2.24, 2.45) is 0 Å². The summed E-state index contributed by atoms with van der Waals surface area (Å²) in [6.45, 7) is 8.36. The number of aromatic nitrogens is 1. The predicted octanol–water partition coefficient (Wildman–Crippen LogP) is 2.55. The third-order valence-electron chi connectivity index (χ3n) is 5.00. The molecule has 7 nitrogen and oxygen atoms in total. The van der Waals surface area contributed by atoms with Crippen molar-refractivity contribution in [1.82, 2.24) is 14.8 Å². The summed E-state index contributed by atoms with van der Waals surface area (Å²) in [5.41, 5.74) is 2.48. The first-order chi connectivity index (χ1) is 13.8. The zero-order valence-corrected chi connectivity index (χ0v) is 17.0. The van der Waals surface area contributed by atoms with Crippen molar-refractivity contribution in [3.63, 3.8) is 0 Å². The van der Waals surface area contributed by atoms with Gasteiger partial charge in [-0.05, 0) is 35.2 Å². The Morgan fingerprint density at radius 2 is 1.69 bits per heavy atom. The number of nitrogens with one attached hydrogen (secondary N) is 1. The van der Waals surface area contributed by atoms with Crippen molar-refractivity contribution in [2.75, 3.05) is 31.5 Å². The van der Waals surface area contributed by atoms with Crippen LogP contribution in [-0.4, -0.2) is 59.2 Å². The molecule has 1 aromatic heterocycles. The molecule has 7 heteroatoms. The van der Waals surface area contributed by atoms with Crippen LogP contribution in [0.25, 0.3) is 0 Å². The summed E-state index contributed by atoms with van der Waals surface area (Å²) in [7, 11) is 0. The van der Waals surface area contributed by atoms with Gasteiger partial charge in [-0.1, -0.05) is 32.9 Å². The normalized spacial score (nSPS) is 14.4. The zero-order chi connectivity index (χ0) is 21.0. The zero-order valence-electron chi connectivity index (χ0n) is 17.0. The molecular weight excluding hydrogens is 368 g/mol. The lowest BCUT2D eigenvalue weighted by molar-refractivity contribution is -0.119. The van der Waals surface area contributed by atoms with Crippen molar-refractivity contribution < 1.29 is 14.4 Å². The minimum atomic E-state index is -0.367. The molecule has 1 N–H and O–H groups in total. The Balaban J connectivity index is 1.68. The summed E-state index contributed by atoms with van der Waals surface area (Å²) >= 11 is 0. The SMILES string of the molecule is CC(C)(C)c1ccc(NC(=O)c2cc(C(=O)N3CCN(C=O)CC3)ccn2)cc1. The number of piperazine rings is 1. The maximum absolute atomic E-state index is 12.7. The predicted molar refractivity (Wildman–Crippen MR) is 111 cm³/mol. The number of rotatable bonds is 4. The Hall–Kier alpha value is -3.22. The third-order valence-corrected chi connectivity index (χ3v) is 5.00. The van der Waals surface area contributed by atoms with Crippen molar-refractivity contribution >= 4 is 23.9 Å². The highest BCUT2D eigenvalue weighted by Gasteiger charge is 2.22. The number of carbonyl (C=O) groups is 3. The van der Waals surface area contributed by atoms with E-state index in [1.807, 2.05) is 24.3 Å². The van der Waals surface area contributed by atoms with Crippen LogP contribution in [0.3, 0.4) is 0 Å². The smallest absolute Gasteiger partial charge is 0.274 e. The molecule has 0 unspecified atom stereocenters. The monoisotopic (exact) mass is 394 g/mol. The molecule has 2 heterocycles. The lowest BCUT2D eigenvalue weighted by atomic mass is 9.87. The third kappa shape index (κ3) is 4.99. The molecule has 0 radical (unpaired) electrons. The standard InChI is InChI=1S/C22H26N4O3/c1-22(2,3)17-4-6-18(7-5-17)24-20(28)19-14-16(8-9-23-19)21(29)26-12-10-25(15-27)11-13-26/h4-9,14-15H,10-13H2,1-3H3,(H,24,28). The summed E-state index contributed by atoms with van der Waals surface area (Å²) in [6, 6.07) is 10.8. The van der Waals surface area contributed by atoms with Gasteiger partial charge in [0.25, 0.3) is 11.8 Å². The first-order valence-electron chi connectivity index (χ1n) is 9.64. The van der Waals surface area contributed by atoms with Crippen LogP contribution in [0.15, 0.2) is 42.6 Å². The van der Waals surface area contributed by atoms with Gasteiger partial charge in [-0.2, -0.15) is 0 Å². The second-order valence-corrected chi connectivity index (χ2v) is 8.14. The van der Waals surface area contributed by atoms with E-state index in [4.69, 9.17) is 0 Å². The van der Waals surface area contributed by atoms with Crippen molar-refractivity contribution in [3.8, 4) is 0 Å². The van der Waals surface area contributed by atoms with E-state index in [0.29, 0.717) is 37.4 Å². The first-order valence-corrected chi connectivity index (χ1v) is 9.64. The van der Waals surface area contributed by atoms with Crippen molar-refractivity contribution in [3.05, 3.63) is 59.4 Å². The second-order valence-electron chi connectivity index (χ2n) is 8.14. The van der Waals surface area contributed by atoms with E-state index in [-0.39, 0.29) is 22.9 Å². The quantitative estimate of drug-likeness (QED) is 0.808. The van der Waals surface area contributed by atoms with E-state index in [0.717, 1.165) is 6.41 Å². The van der Waals surface area contributed by atoms with Gasteiger partial charge in [-0.3, -0.25) is 19.4 Å². The summed E-state index contributed by atoms with van der Waals surface area (Å²) in [5.74, 6) is -0.532. The van der Waals surface area contributed by atoms with Crippen LogP contribution in [0.5, 0.6) is 0 Å². The molecule has 0 saturated carbocycles. The minimum absolute atomic E-state index is 0.0377. The number of amides is 3. The molecule has 1 aromatic carbocycles. The van der Waals surface area contributed by atoms with Gasteiger partial charge in [-0.15, -0.1) is 0 Å². The molecule has 1 aliphatic heterocycles. The highest BCUT2D eigenvalue weighted by atomic mass is 16.2. The number of carbonyl (C=O) groups excluding carboxylic acids is 3. The van der Waals surface area contributed by atoms with E-state index < -0.39 is 0 Å². The molecule has 0 aliphatic carbocycles. The first kappa shape index (κ1) is 20.5. The summed E-state index contributed by atoms with van der Waals surface area (Å²) in [4.78, 5) is 43.5. The van der Waals surface area contributed by atoms with E-state index >= 15 is 0 Å². The Kier molecular flexibility index (Phi) is 5.96. The fourth-order valence-electron chi connectivity index (χ4n) is 3.15. The van der Waals surface area contributed by atoms with E-state index in [9.17, 15) is 14.4 Å². The van der Waals surface area contributed by atoms with Gasteiger partial charge in [0.2, 0.25) is 6.41 Å². The van der Waals surface area contributed by atoms with Gasteiger partial charge in [0.1, 0.15) is 5.69 Å². The molecule has 1 saturated heterocycles. The van der Waals surface area contributed by atoms with Gasteiger partial charge in [0.15, 0.2) is 0 Å². The number of benzene rings is 1. The molecule has 3 amide bonds. The van der Waals surface area contributed by atoms with Crippen LogP contribution in [0.2, 0.25) is 0 Å². The van der Waals surface area contributed by atoms with Crippen molar-refractivity contribution in [1.29, 1.82) is 0 Å². The summed E-state index contributed by atoms with van der Waals surface area (Å²) < 4.78 is 0. The number of nitrogens with zero attached hydrogens (tertiary/aromatic N) is 3. The Morgan fingerprint density at radius 1 is 1.03 bits per heavy atom. The molecule has 0 atom stereocenters. The Bertz CT molecular complexity index is 895.